The summed E-state index contributed by atoms with van der Waals surface area (Å²) >= 11 is 0. The Morgan fingerprint density at radius 1 is 1.06 bits per heavy atom. The van der Waals surface area contributed by atoms with Gasteiger partial charge in [0.2, 0.25) is 0 Å². The molecule has 1 saturated carbocycles. The lowest BCUT2D eigenvalue weighted by Crippen LogP contribution is -2.64. The van der Waals surface area contributed by atoms with Crippen LogP contribution in [0.25, 0.3) is 0 Å². The highest BCUT2D eigenvalue weighted by Crippen LogP contribution is 2.35. The van der Waals surface area contributed by atoms with E-state index >= 15 is 0 Å². The first-order valence-corrected chi connectivity index (χ1v) is 7.26. The van der Waals surface area contributed by atoms with Crippen molar-refractivity contribution in [1.82, 2.24) is 9.80 Å². The summed E-state index contributed by atoms with van der Waals surface area (Å²) in [6.45, 7) is 7.91. The van der Waals surface area contributed by atoms with Gasteiger partial charge in [-0.3, -0.25) is 9.80 Å². The molecule has 3 heteroatoms. The number of piperazine rings is 1. The van der Waals surface area contributed by atoms with Gasteiger partial charge in [0, 0.05) is 37.3 Å². The third-order valence-electron chi connectivity index (χ3n) is 5.19. The van der Waals surface area contributed by atoms with E-state index in [4.69, 9.17) is 5.73 Å². The Morgan fingerprint density at radius 2 is 1.59 bits per heavy atom. The topological polar surface area (TPSA) is 32.5 Å². The Hall–Kier alpha value is -0.120. The molecule has 0 spiro atoms. The van der Waals surface area contributed by atoms with E-state index in [2.05, 4.69) is 30.7 Å². The van der Waals surface area contributed by atoms with Gasteiger partial charge in [0.1, 0.15) is 0 Å². The zero-order valence-electron chi connectivity index (χ0n) is 11.8. The van der Waals surface area contributed by atoms with Crippen molar-refractivity contribution in [1.29, 1.82) is 0 Å². The second-order valence-corrected chi connectivity index (χ2v) is 6.26. The van der Waals surface area contributed by atoms with E-state index in [1.807, 2.05) is 0 Å². The van der Waals surface area contributed by atoms with E-state index in [0.29, 0.717) is 17.6 Å². The maximum atomic E-state index is 6.14. The molecule has 2 unspecified atom stereocenters. The summed E-state index contributed by atoms with van der Waals surface area (Å²) in [5.74, 6) is 0. The van der Waals surface area contributed by atoms with Gasteiger partial charge in [-0.15, -0.1) is 0 Å². The first-order chi connectivity index (χ1) is 8.09. The number of nitrogens with two attached hydrogens (primary N) is 1. The van der Waals surface area contributed by atoms with Crippen molar-refractivity contribution >= 4 is 0 Å². The molecule has 2 fully saturated rings. The van der Waals surface area contributed by atoms with Crippen LogP contribution in [0, 0.1) is 0 Å². The van der Waals surface area contributed by atoms with Crippen molar-refractivity contribution in [2.75, 3.05) is 26.7 Å². The summed E-state index contributed by atoms with van der Waals surface area (Å²) in [6, 6.07) is 1.31. The zero-order valence-corrected chi connectivity index (χ0v) is 11.8. The smallest absolute Gasteiger partial charge is 0.0333 e. The fourth-order valence-electron chi connectivity index (χ4n) is 3.65. The number of rotatable bonds is 2. The van der Waals surface area contributed by atoms with E-state index in [1.54, 1.807) is 0 Å². The average molecular weight is 239 g/mol. The highest BCUT2D eigenvalue weighted by Gasteiger charge is 2.40. The lowest BCUT2D eigenvalue weighted by atomic mass is 9.79. The van der Waals surface area contributed by atoms with Gasteiger partial charge in [-0.2, -0.15) is 0 Å². The van der Waals surface area contributed by atoms with Gasteiger partial charge in [0.25, 0.3) is 0 Å². The van der Waals surface area contributed by atoms with Gasteiger partial charge in [-0.25, -0.2) is 0 Å². The molecule has 3 nitrogen and oxygen atoms in total. The zero-order chi connectivity index (χ0) is 12.5. The van der Waals surface area contributed by atoms with Crippen molar-refractivity contribution < 1.29 is 0 Å². The van der Waals surface area contributed by atoms with Crippen LogP contribution >= 0.6 is 0 Å². The molecular weight excluding hydrogens is 210 g/mol. The largest absolute Gasteiger partial charge is 0.329 e. The molecule has 0 bridgehead atoms. The Labute approximate surface area is 106 Å². The molecule has 0 aromatic heterocycles. The summed E-state index contributed by atoms with van der Waals surface area (Å²) in [6.07, 6.45) is 6.76. The Balaban J connectivity index is 2.09. The minimum atomic E-state index is 0.321. The molecule has 1 aliphatic carbocycles. The highest BCUT2D eigenvalue weighted by atomic mass is 15.3. The van der Waals surface area contributed by atoms with E-state index < -0.39 is 0 Å². The minimum absolute atomic E-state index is 0.321. The van der Waals surface area contributed by atoms with Gasteiger partial charge in [-0.1, -0.05) is 19.3 Å². The number of likely N-dealkylation sites (N-methyl/N-ethyl adjacent to an activating group) is 1. The summed E-state index contributed by atoms with van der Waals surface area (Å²) in [5.41, 5.74) is 6.46. The maximum absolute atomic E-state index is 6.14. The van der Waals surface area contributed by atoms with E-state index in [-0.39, 0.29) is 0 Å². The molecule has 2 atom stereocenters. The number of hydrogen-bond donors (Lipinski definition) is 1. The molecule has 0 aromatic rings. The number of hydrogen-bond acceptors (Lipinski definition) is 3. The van der Waals surface area contributed by atoms with Crippen molar-refractivity contribution in [2.45, 2.75) is 63.6 Å². The average Bonchev–Trinajstić information content (AvgIpc) is 2.36. The monoisotopic (exact) mass is 239 g/mol. The van der Waals surface area contributed by atoms with Gasteiger partial charge < -0.3 is 5.73 Å². The van der Waals surface area contributed by atoms with Crippen LogP contribution in [0.5, 0.6) is 0 Å². The van der Waals surface area contributed by atoms with Crippen molar-refractivity contribution in [2.24, 2.45) is 5.73 Å². The maximum Gasteiger partial charge on any atom is 0.0333 e. The predicted molar refractivity (Wildman–Crippen MR) is 73.1 cm³/mol. The molecule has 0 aromatic carbocycles. The normalized spacial score (nSPS) is 36.0. The van der Waals surface area contributed by atoms with Gasteiger partial charge >= 0.3 is 0 Å². The standard InChI is InChI=1S/C14H29N3/c1-12-9-17(10-13(2)16(12)3)14(11-15)7-5-4-6-8-14/h12-13H,4-11,15H2,1-3H3. The van der Waals surface area contributed by atoms with E-state index in [0.717, 1.165) is 6.54 Å². The Bertz CT molecular complexity index is 236. The highest BCUT2D eigenvalue weighted by molar-refractivity contribution is 4.98. The molecule has 100 valence electrons. The second-order valence-electron chi connectivity index (χ2n) is 6.26. The molecule has 0 radical (unpaired) electrons. The fourth-order valence-corrected chi connectivity index (χ4v) is 3.65. The van der Waals surface area contributed by atoms with Crippen molar-refractivity contribution in [3.63, 3.8) is 0 Å². The summed E-state index contributed by atoms with van der Waals surface area (Å²) in [4.78, 5) is 5.21. The molecule has 2 rings (SSSR count). The lowest BCUT2D eigenvalue weighted by Gasteiger charge is -2.53. The van der Waals surface area contributed by atoms with Gasteiger partial charge in [0.15, 0.2) is 0 Å². The molecule has 1 heterocycles. The van der Waals surface area contributed by atoms with E-state index in [1.165, 1.54) is 45.2 Å². The lowest BCUT2D eigenvalue weighted by molar-refractivity contribution is -0.0259. The molecule has 1 saturated heterocycles. The third-order valence-corrected chi connectivity index (χ3v) is 5.19. The van der Waals surface area contributed by atoms with Crippen LogP contribution in [-0.2, 0) is 0 Å². The summed E-state index contributed by atoms with van der Waals surface area (Å²) < 4.78 is 0. The third kappa shape index (κ3) is 2.51. The van der Waals surface area contributed by atoms with Crippen molar-refractivity contribution in [3.8, 4) is 0 Å². The quantitative estimate of drug-likeness (QED) is 0.795. The molecular formula is C14H29N3. The first-order valence-electron chi connectivity index (χ1n) is 7.26. The van der Waals surface area contributed by atoms with Crippen LogP contribution in [0.2, 0.25) is 0 Å². The van der Waals surface area contributed by atoms with Crippen LogP contribution in [0.4, 0.5) is 0 Å². The summed E-state index contributed by atoms with van der Waals surface area (Å²) in [7, 11) is 2.25. The van der Waals surface area contributed by atoms with Crippen molar-refractivity contribution in [3.05, 3.63) is 0 Å². The van der Waals surface area contributed by atoms with Crippen LogP contribution < -0.4 is 5.73 Å². The fraction of sp³-hybridized carbons (Fsp3) is 1.00. The minimum Gasteiger partial charge on any atom is -0.329 e. The van der Waals surface area contributed by atoms with Crippen LogP contribution in [-0.4, -0.2) is 54.1 Å². The SMILES string of the molecule is CC1CN(C2(CN)CCCCC2)CC(C)N1C. The number of nitrogens with zero attached hydrogens (tertiary/aromatic N) is 2. The molecule has 1 aliphatic heterocycles. The van der Waals surface area contributed by atoms with Gasteiger partial charge in [0.05, 0.1) is 0 Å². The Kier molecular flexibility index (Phi) is 4.11. The molecule has 17 heavy (non-hydrogen) atoms. The van der Waals surface area contributed by atoms with Gasteiger partial charge in [-0.05, 0) is 33.7 Å². The molecule has 0 amide bonds. The summed E-state index contributed by atoms with van der Waals surface area (Å²) in [5, 5.41) is 0. The molecule has 2 N–H and O–H groups in total. The first kappa shape index (κ1) is 13.3. The molecule has 2 aliphatic rings. The van der Waals surface area contributed by atoms with Crippen LogP contribution in [0.3, 0.4) is 0 Å². The van der Waals surface area contributed by atoms with Crippen LogP contribution in [0.1, 0.15) is 46.0 Å². The second kappa shape index (κ2) is 5.25. The van der Waals surface area contributed by atoms with E-state index in [9.17, 15) is 0 Å². The predicted octanol–water partition coefficient (Wildman–Crippen LogP) is 1.67. The Morgan fingerprint density at radius 3 is 2.06 bits per heavy atom. The van der Waals surface area contributed by atoms with Crippen LogP contribution in [0.15, 0.2) is 0 Å².